The number of hydrogen-bond acceptors (Lipinski definition) is 5. The zero-order chi connectivity index (χ0) is 17.3. The molecule has 0 unspecified atom stereocenters. The highest BCUT2D eigenvalue weighted by molar-refractivity contribution is 5.89. The molecule has 0 aliphatic heterocycles. The third-order valence-corrected chi connectivity index (χ3v) is 3.81. The highest BCUT2D eigenvalue weighted by Crippen LogP contribution is 2.28. The number of ether oxygens (including phenoxy) is 1. The highest BCUT2D eigenvalue weighted by atomic mass is 16.5. The first-order valence-electron chi connectivity index (χ1n) is 8.20. The van der Waals surface area contributed by atoms with E-state index in [4.69, 9.17) is 9.72 Å². The van der Waals surface area contributed by atoms with Crippen LogP contribution in [0.5, 0.6) is 5.75 Å². The van der Waals surface area contributed by atoms with Crippen molar-refractivity contribution in [2.75, 3.05) is 11.9 Å². The molecule has 24 heavy (non-hydrogen) atoms. The molecule has 2 aromatic heterocycles. The molecule has 0 bridgehead atoms. The lowest BCUT2D eigenvalue weighted by atomic mass is 10.2. The summed E-state index contributed by atoms with van der Waals surface area (Å²) in [6, 6.07) is 7.86. The molecule has 0 saturated carbocycles. The summed E-state index contributed by atoms with van der Waals surface area (Å²) >= 11 is 0. The van der Waals surface area contributed by atoms with E-state index in [-0.39, 0.29) is 5.92 Å². The summed E-state index contributed by atoms with van der Waals surface area (Å²) in [5.74, 6) is 2.69. The number of fused-ring (bicyclic) bond motifs is 1. The molecule has 126 valence electrons. The minimum Gasteiger partial charge on any atom is -0.494 e. The Balaban J connectivity index is 2.04. The number of anilines is 2. The Kier molecular flexibility index (Phi) is 4.38. The smallest absolute Gasteiger partial charge is 0.160 e. The van der Waals surface area contributed by atoms with Crippen LogP contribution >= 0.6 is 0 Å². The van der Waals surface area contributed by atoms with Gasteiger partial charge in [0.15, 0.2) is 5.82 Å². The predicted molar refractivity (Wildman–Crippen MR) is 96.0 cm³/mol. The second kappa shape index (κ2) is 6.47. The minimum absolute atomic E-state index is 0.245. The maximum Gasteiger partial charge on any atom is 0.160 e. The summed E-state index contributed by atoms with van der Waals surface area (Å²) in [5, 5.41) is 7.88. The molecule has 2 heterocycles. The van der Waals surface area contributed by atoms with Crippen LogP contribution in [-0.4, -0.2) is 26.4 Å². The van der Waals surface area contributed by atoms with Gasteiger partial charge >= 0.3 is 0 Å². The predicted octanol–water partition coefficient (Wildman–Crippen LogP) is 3.94. The molecule has 6 heteroatoms. The Morgan fingerprint density at radius 2 is 1.88 bits per heavy atom. The van der Waals surface area contributed by atoms with E-state index in [1.54, 1.807) is 0 Å². The second-order valence-electron chi connectivity index (χ2n) is 6.07. The van der Waals surface area contributed by atoms with E-state index in [0.717, 1.165) is 39.8 Å². The Hall–Kier alpha value is -2.63. The molecule has 0 aliphatic carbocycles. The number of rotatable bonds is 5. The largest absolute Gasteiger partial charge is 0.494 e. The maximum absolute atomic E-state index is 5.49. The number of nitrogens with zero attached hydrogens (tertiary/aromatic N) is 4. The van der Waals surface area contributed by atoms with Crippen LogP contribution in [0.4, 0.5) is 11.5 Å². The molecule has 0 spiro atoms. The molecule has 6 nitrogen and oxygen atoms in total. The van der Waals surface area contributed by atoms with E-state index in [2.05, 4.69) is 29.2 Å². The van der Waals surface area contributed by atoms with Gasteiger partial charge in [0.1, 0.15) is 22.6 Å². The summed E-state index contributed by atoms with van der Waals surface area (Å²) in [7, 11) is 1.91. The fourth-order valence-corrected chi connectivity index (χ4v) is 2.64. The molecule has 1 N–H and O–H groups in total. The van der Waals surface area contributed by atoms with Crippen molar-refractivity contribution in [2.45, 2.75) is 33.6 Å². The van der Waals surface area contributed by atoms with E-state index in [1.807, 2.05) is 49.8 Å². The van der Waals surface area contributed by atoms with E-state index in [9.17, 15) is 0 Å². The van der Waals surface area contributed by atoms with Gasteiger partial charge in [0.05, 0.1) is 12.3 Å². The van der Waals surface area contributed by atoms with Gasteiger partial charge in [-0.15, -0.1) is 0 Å². The highest BCUT2D eigenvalue weighted by Gasteiger charge is 2.16. The summed E-state index contributed by atoms with van der Waals surface area (Å²) < 4.78 is 7.31. The van der Waals surface area contributed by atoms with Crippen molar-refractivity contribution in [3.05, 3.63) is 35.8 Å². The molecule has 0 aliphatic rings. The molecule has 3 aromatic rings. The Labute approximate surface area is 141 Å². The van der Waals surface area contributed by atoms with Gasteiger partial charge in [0.25, 0.3) is 0 Å². The fraction of sp³-hybridized carbons (Fsp3) is 0.389. The molecule has 0 amide bonds. The van der Waals surface area contributed by atoms with Crippen molar-refractivity contribution >= 4 is 22.5 Å². The van der Waals surface area contributed by atoms with E-state index >= 15 is 0 Å². The lowest BCUT2D eigenvalue weighted by Crippen LogP contribution is -2.05. The monoisotopic (exact) mass is 325 g/mol. The van der Waals surface area contributed by atoms with Crippen molar-refractivity contribution in [3.63, 3.8) is 0 Å². The molecule has 3 rings (SSSR count). The SMILES string of the molecule is CCOc1ccc(Nc2nc(C(C)C)nc3c(C)nn(C)c23)cc1. The van der Waals surface area contributed by atoms with Crippen LogP contribution in [0.15, 0.2) is 24.3 Å². The van der Waals surface area contributed by atoms with Gasteiger partial charge in [0, 0.05) is 18.7 Å². The van der Waals surface area contributed by atoms with Crippen LogP contribution in [-0.2, 0) is 7.05 Å². The average Bonchev–Trinajstić information content (AvgIpc) is 2.84. The van der Waals surface area contributed by atoms with Crippen molar-refractivity contribution < 1.29 is 4.74 Å². The van der Waals surface area contributed by atoms with Gasteiger partial charge in [-0.05, 0) is 38.1 Å². The van der Waals surface area contributed by atoms with Gasteiger partial charge in [-0.1, -0.05) is 13.8 Å². The first-order chi connectivity index (χ1) is 11.5. The van der Waals surface area contributed by atoms with Gasteiger partial charge in [0.2, 0.25) is 0 Å². The average molecular weight is 325 g/mol. The summed E-state index contributed by atoms with van der Waals surface area (Å²) in [4.78, 5) is 9.40. The lowest BCUT2D eigenvalue weighted by Gasteiger charge is -2.12. The summed E-state index contributed by atoms with van der Waals surface area (Å²) in [5.41, 5.74) is 3.66. The Morgan fingerprint density at radius 1 is 1.17 bits per heavy atom. The minimum atomic E-state index is 0.245. The zero-order valence-electron chi connectivity index (χ0n) is 14.8. The zero-order valence-corrected chi connectivity index (χ0v) is 14.8. The normalized spacial score (nSPS) is 11.2. The fourth-order valence-electron chi connectivity index (χ4n) is 2.64. The van der Waals surface area contributed by atoms with Crippen LogP contribution in [0.3, 0.4) is 0 Å². The van der Waals surface area contributed by atoms with Crippen molar-refractivity contribution in [1.82, 2.24) is 19.7 Å². The molecule has 1 aromatic carbocycles. The number of aryl methyl sites for hydroxylation is 2. The number of aromatic nitrogens is 4. The number of nitrogens with one attached hydrogen (secondary N) is 1. The third kappa shape index (κ3) is 3.04. The van der Waals surface area contributed by atoms with Crippen LogP contribution in [0, 0.1) is 6.92 Å². The summed E-state index contributed by atoms with van der Waals surface area (Å²) in [6.45, 7) is 8.79. The Bertz CT molecular complexity index is 852. The van der Waals surface area contributed by atoms with Gasteiger partial charge < -0.3 is 10.1 Å². The molecular formula is C18H23N5O. The molecule has 0 fully saturated rings. The quantitative estimate of drug-likeness (QED) is 0.770. The molecule has 0 saturated heterocycles. The topological polar surface area (TPSA) is 64.9 Å². The molecule has 0 atom stereocenters. The first-order valence-corrected chi connectivity index (χ1v) is 8.20. The number of hydrogen-bond donors (Lipinski definition) is 1. The van der Waals surface area contributed by atoms with Crippen molar-refractivity contribution in [3.8, 4) is 5.75 Å². The summed E-state index contributed by atoms with van der Waals surface area (Å²) in [6.07, 6.45) is 0. The number of benzene rings is 1. The lowest BCUT2D eigenvalue weighted by molar-refractivity contribution is 0.340. The van der Waals surface area contributed by atoms with Crippen molar-refractivity contribution in [1.29, 1.82) is 0 Å². The maximum atomic E-state index is 5.49. The van der Waals surface area contributed by atoms with Gasteiger partial charge in [-0.2, -0.15) is 5.10 Å². The van der Waals surface area contributed by atoms with Crippen molar-refractivity contribution in [2.24, 2.45) is 7.05 Å². The van der Waals surface area contributed by atoms with Crippen LogP contribution in [0.25, 0.3) is 11.0 Å². The van der Waals surface area contributed by atoms with Gasteiger partial charge in [-0.3, -0.25) is 4.68 Å². The van der Waals surface area contributed by atoms with E-state index in [0.29, 0.717) is 6.61 Å². The van der Waals surface area contributed by atoms with Crippen LogP contribution in [0.1, 0.15) is 38.2 Å². The van der Waals surface area contributed by atoms with Crippen LogP contribution in [0.2, 0.25) is 0 Å². The Morgan fingerprint density at radius 3 is 2.50 bits per heavy atom. The third-order valence-electron chi connectivity index (χ3n) is 3.81. The second-order valence-corrected chi connectivity index (χ2v) is 6.07. The van der Waals surface area contributed by atoms with Crippen LogP contribution < -0.4 is 10.1 Å². The standard InChI is InChI=1S/C18H23N5O/c1-6-24-14-9-7-13(8-10-14)19-18-16-15(12(4)22-23(16)5)20-17(21-18)11(2)3/h7-11H,6H2,1-5H3,(H,19,20,21). The first kappa shape index (κ1) is 16.2. The molecular weight excluding hydrogens is 302 g/mol. The van der Waals surface area contributed by atoms with E-state index in [1.165, 1.54) is 0 Å². The molecule has 0 radical (unpaired) electrons. The van der Waals surface area contributed by atoms with E-state index < -0.39 is 0 Å². The van der Waals surface area contributed by atoms with Gasteiger partial charge in [-0.25, -0.2) is 9.97 Å².